The Balaban J connectivity index is 2.08. The number of aliphatic hydroxyl groups excluding tert-OH is 1. The fraction of sp³-hybridized carbons (Fsp3) is 0.538. The van der Waals surface area contributed by atoms with Gasteiger partial charge in [0, 0.05) is 25.6 Å². The summed E-state index contributed by atoms with van der Waals surface area (Å²) in [7, 11) is -17.7. The predicted molar refractivity (Wildman–Crippen MR) is 101 cm³/mol. The van der Waals surface area contributed by atoms with Gasteiger partial charge in [-0.3, -0.25) is 18.3 Å². The fourth-order valence-corrected chi connectivity index (χ4v) is 5.40. The van der Waals surface area contributed by atoms with E-state index in [2.05, 4.69) is 30.0 Å². The summed E-state index contributed by atoms with van der Waals surface area (Å²) in [5.41, 5.74) is 10.3. The van der Waals surface area contributed by atoms with Crippen LogP contribution in [0.2, 0.25) is 0 Å². The maximum atomic E-state index is 12.2. The number of phosphoric acid groups is 3. The van der Waals surface area contributed by atoms with Crippen LogP contribution in [0.1, 0.15) is 24.6 Å². The number of anilines is 1. The van der Waals surface area contributed by atoms with Crippen LogP contribution in [0.4, 0.5) is 5.82 Å². The first-order valence-corrected chi connectivity index (χ1v) is 13.2. The summed E-state index contributed by atoms with van der Waals surface area (Å²) in [6, 6.07) is 0. The van der Waals surface area contributed by atoms with Crippen molar-refractivity contribution in [1.29, 1.82) is 0 Å². The SMILES string of the molecule is NCCC#Cc1cn([C@H]2C[C@H](O)[C@@H](COP(=O)([O-])OP(=O)([O-])OP(=O)([O-])O)O2)c(=O)nc1N. The molecule has 0 spiro atoms. The molecule has 1 saturated heterocycles. The van der Waals surface area contributed by atoms with E-state index in [1.807, 2.05) is 0 Å². The summed E-state index contributed by atoms with van der Waals surface area (Å²) in [6.45, 7) is -0.704. The normalized spacial score (nSPS) is 25.9. The number of nitrogens with two attached hydrogens (primary N) is 2. The zero-order chi connectivity index (χ0) is 25.0. The first kappa shape index (κ1) is 27.8. The van der Waals surface area contributed by atoms with Crippen LogP contribution < -0.4 is 31.8 Å². The van der Waals surface area contributed by atoms with Crippen molar-refractivity contribution in [3.05, 3.63) is 22.2 Å². The molecule has 1 aromatic rings. The first-order valence-electron chi connectivity index (χ1n) is 8.77. The third-order valence-corrected chi connectivity index (χ3v) is 7.48. The van der Waals surface area contributed by atoms with Crippen LogP contribution in [0.15, 0.2) is 11.0 Å². The van der Waals surface area contributed by atoms with Crippen molar-refractivity contribution in [2.45, 2.75) is 31.3 Å². The molecule has 0 saturated carbocycles. The van der Waals surface area contributed by atoms with E-state index in [1.165, 1.54) is 6.20 Å². The van der Waals surface area contributed by atoms with Crippen molar-refractivity contribution >= 4 is 29.3 Å². The molecule has 0 aliphatic carbocycles. The zero-order valence-electron chi connectivity index (χ0n) is 16.4. The van der Waals surface area contributed by atoms with Crippen molar-refractivity contribution in [3.63, 3.8) is 0 Å². The number of nitrogens with zero attached hydrogens (tertiary/aromatic N) is 2. The fourth-order valence-electron chi connectivity index (χ4n) is 2.50. The van der Waals surface area contributed by atoms with Gasteiger partial charge in [-0.25, -0.2) is 13.4 Å². The average Bonchev–Trinajstić information content (AvgIpc) is 2.99. The molecule has 6 atom stereocenters. The lowest BCUT2D eigenvalue weighted by atomic mass is 10.2. The predicted octanol–water partition coefficient (Wildman–Crippen LogP) is -3.38. The molecule has 2 rings (SSSR count). The number of hydrogen-bond donors (Lipinski definition) is 4. The Morgan fingerprint density at radius 1 is 1.27 bits per heavy atom. The van der Waals surface area contributed by atoms with Crippen molar-refractivity contribution in [3.8, 4) is 11.8 Å². The Bertz CT molecular complexity index is 1120. The minimum Gasteiger partial charge on any atom is -0.756 e. The van der Waals surface area contributed by atoms with E-state index in [9.17, 15) is 38.3 Å². The summed E-state index contributed by atoms with van der Waals surface area (Å²) < 4.78 is 50.5. The summed E-state index contributed by atoms with van der Waals surface area (Å²) in [4.78, 5) is 57.3. The first-order chi connectivity index (χ1) is 15.1. The number of ether oxygens (including phenoxy) is 1. The molecule has 1 fully saturated rings. The second-order valence-electron chi connectivity index (χ2n) is 6.32. The van der Waals surface area contributed by atoms with Gasteiger partial charge in [0.15, 0.2) is 0 Å². The van der Waals surface area contributed by atoms with E-state index < -0.39 is 54.2 Å². The molecular formula is C13H18N4O13P3-3. The van der Waals surface area contributed by atoms with Gasteiger partial charge in [-0.05, 0) is 0 Å². The van der Waals surface area contributed by atoms with Gasteiger partial charge < -0.3 is 45.4 Å². The van der Waals surface area contributed by atoms with E-state index in [0.717, 1.165) is 4.57 Å². The lowest BCUT2D eigenvalue weighted by Crippen LogP contribution is -2.29. The number of hydrogen-bond acceptors (Lipinski definition) is 15. The van der Waals surface area contributed by atoms with Gasteiger partial charge >= 0.3 is 5.69 Å². The van der Waals surface area contributed by atoms with Crippen molar-refractivity contribution in [2.75, 3.05) is 18.9 Å². The highest BCUT2D eigenvalue weighted by atomic mass is 31.3. The Labute approximate surface area is 185 Å². The summed E-state index contributed by atoms with van der Waals surface area (Å²) in [5.74, 6) is 5.22. The van der Waals surface area contributed by atoms with Crippen molar-refractivity contribution < 1.29 is 56.3 Å². The number of aromatic nitrogens is 2. The average molecular weight is 531 g/mol. The highest BCUT2D eigenvalue weighted by molar-refractivity contribution is 7.65. The molecule has 1 aliphatic rings. The van der Waals surface area contributed by atoms with Gasteiger partial charge in [0.25, 0.3) is 23.5 Å². The molecule has 17 nitrogen and oxygen atoms in total. The maximum absolute atomic E-state index is 12.2. The number of rotatable bonds is 9. The Morgan fingerprint density at radius 2 is 1.94 bits per heavy atom. The molecule has 0 amide bonds. The molecule has 0 radical (unpaired) electrons. The van der Waals surface area contributed by atoms with Crippen LogP contribution in [0, 0.1) is 11.8 Å². The largest absolute Gasteiger partial charge is 0.756 e. The van der Waals surface area contributed by atoms with E-state index in [4.69, 9.17) is 21.1 Å². The van der Waals surface area contributed by atoms with E-state index in [0.29, 0.717) is 6.42 Å². The maximum Gasteiger partial charge on any atom is 0.351 e. The molecule has 6 N–H and O–H groups in total. The van der Waals surface area contributed by atoms with Gasteiger partial charge in [-0.1, -0.05) is 11.8 Å². The minimum atomic E-state index is -6.07. The Morgan fingerprint density at radius 3 is 2.55 bits per heavy atom. The van der Waals surface area contributed by atoms with Crippen LogP contribution in [0.25, 0.3) is 0 Å². The summed E-state index contributed by atoms with van der Waals surface area (Å²) in [6.07, 6.45) is -2.59. The van der Waals surface area contributed by atoms with Gasteiger partial charge in [0.05, 0.1) is 18.3 Å². The third-order valence-electron chi connectivity index (χ3n) is 3.79. The molecular weight excluding hydrogens is 513 g/mol. The van der Waals surface area contributed by atoms with E-state index >= 15 is 0 Å². The highest BCUT2D eigenvalue weighted by Gasteiger charge is 2.37. The van der Waals surface area contributed by atoms with Gasteiger partial charge in [-0.2, -0.15) is 4.98 Å². The van der Waals surface area contributed by atoms with Crippen LogP contribution in [0.5, 0.6) is 0 Å². The lowest BCUT2D eigenvalue weighted by molar-refractivity contribution is -0.250. The molecule has 0 bridgehead atoms. The molecule has 1 aromatic heterocycles. The number of aliphatic hydroxyl groups is 1. The highest BCUT2D eigenvalue weighted by Crippen LogP contribution is 2.61. The zero-order valence-corrected chi connectivity index (χ0v) is 19.1. The molecule has 186 valence electrons. The van der Waals surface area contributed by atoms with Crippen molar-refractivity contribution in [1.82, 2.24) is 9.55 Å². The number of phosphoric ester groups is 1. The molecule has 3 unspecified atom stereocenters. The van der Waals surface area contributed by atoms with Crippen LogP contribution in [-0.4, -0.2) is 44.9 Å². The van der Waals surface area contributed by atoms with E-state index in [1.54, 1.807) is 0 Å². The van der Waals surface area contributed by atoms with Crippen LogP contribution in [-0.2, 0) is 31.6 Å². The summed E-state index contributed by atoms with van der Waals surface area (Å²) >= 11 is 0. The molecule has 1 aliphatic heterocycles. The number of nitrogen functional groups attached to an aromatic ring is 1. The topological polar surface area (TPSA) is 285 Å². The summed E-state index contributed by atoms with van der Waals surface area (Å²) in [5, 5.41) is 10.1. The quantitative estimate of drug-likeness (QED) is 0.178. The second kappa shape index (κ2) is 10.9. The molecule has 2 heterocycles. The minimum absolute atomic E-state index is 0.154. The van der Waals surface area contributed by atoms with E-state index in [-0.39, 0.29) is 24.3 Å². The van der Waals surface area contributed by atoms with Gasteiger partial charge in [-0.15, -0.1) is 0 Å². The Kier molecular flexibility index (Phi) is 9.13. The Hall–Kier alpha value is -1.47. The van der Waals surface area contributed by atoms with Crippen molar-refractivity contribution in [2.24, 2.45) is 5.73 Å². The van der Waals surface area contributed by atoms with Gasteiger partial charge in [0.2, 0.25) is 0 Å². The lowest BCUT2D eigenvalue weighted by Gasteiger charge is -2.33. The molecule has 20 heteroatoms. The third kappa shape index (κ3) is 8.67. The smallest absolute Gasteiger partial charge is 0.351 e. The standard InChI is InChI=1S/C13H21N4O13P3/c14-4-2-1-3-8-6-17(13(19)16-12(8)15)11-5-9(18)10(28-11)7-27-32(23,24)30-33(25,26)29-31(20,21)22/h6,9-11,18H,2,4-5,7,14H2,(H,23,24)(H,25,26)(H2,15,16,19)(H2,20,21,22)/p-3/t9-,10+,11+/m0/s1. The second-order valence-corrected chi connectivity index (χ2v) is 10.6. The van der Waals surface area contributed by atoms with Crippen LogP contribution in [0.3, 0.4) is 0 Å². The van der Waals surface area contributed by atoms with Crippen LogP contribution >= 0.6 is 23.5 Å². The molecule has 0 aromatic carbocycles. The van der Waals surface area contributed by atoms with Gasteiger partial charge in [0.1, 0.15) is 18.1 Å². The molecule has 33 heavy (non-hydrogen) atoms. The monoisotopic (exact) mass is 531 g/mol.